The van der Waals surface area contributed by atoms with E-state index in [-0.39, 0.29) is 12.5 Å². The van der Waals surface area contributed by atoms with E-state index in [0.717, 1.165) is 17.1 Å². The molecule has 0 aliphatic carbocycles. The number of hydrogen-bond acceptors (Lipinski definition) is 4. The first-order valence-electron chi connectivity index (χ1n) is 5.83. The van der Waals surface area contributed by atoms with E-state index in [2.05, 4.69) is 10.3 Å². The van der Waals surface area contributed by atoms with Crippen molar-refractivity contribution in [3.8, 4) is 0 Å². The zero-order valence-electron chi connectivity index (χ0n) is 10.9. The Morgan fingerprint density at radius 2 is 2.29 bits per heavy atom. The van der Waals surface area contributed by atoms with Crippen molar-refractivity contribution in [2.24, 2.45) is 0 Å². The highest BCUT2D eigenvalue weighted by Crippen LogP contribution is 2.27. The molecule has 0 radical (unpaired) electrons. The monoisotopic (exact) mass is 256 g/mol. The van der Waals surface area contributed by atoms with Gasteiger partial charge in [-0.1, -0.05) is 6.92 Å². The lowest BCUT2D eigenvalue weighted by atomic mass is 10.00. The molecule has 0 aliphatic heterocycles. The molecule has 0 unspecified atom stereocenters. The molecule has 17 heavy (non-hydrogen) atoms. The van der Waals surface area contributed by atoms with Gasteiger partial charge in [0.25, 0.3) is 0 Å². The van der Waals surface area contributed by atoms with Crippen LogP contribution in [0.3, 0.4) is 0 Å². The number of rotatable bonds is 6. The van der Waals surface area contributed by atoms with Crippen LogP contribution in [-0.2, 0) is 15.1 Å². The van der Waals surface area contributed by atoms with Crippen LogP contribution in [0.4, 0.5) is 0 Å². The molecule has 96 valence electrons. The molecule has 0 aromatic carbocycles. The number of ether oxygens (including phenoxy) is 1. The minimum absolute atomic E-state index is 0.0935. The van der Waals surface area contributed by atoms with Gasteiger partial charge in [-0.05, 0) is 27.2 Å². The van der Waals surface area contributed by atoms with Crippen molar-refractivity contribution < 1.29 is 9.53 Å². The summed E-state index contributed by atoms with van der Waals surface area (Å²) in [4.78, 5) is 16.1. The Bertz CT molecular complexity index is 378. The Balaban J connectivity index is 2.72. The third-order valence-corrected chi connectivity index (χ3v) is 3.87. The summed E-state index contributed by atoms with van der Waals surface area (Å²) >= 11 is 1.58. The predicted octanol–water partition coefficient (Wildman–Crippen LogP) is 2.23. The van der Waals surface area contributed by atoms with Crippen LogP contribution in [-0.4, -0.2) is 24.1 Å². The average molecular weight is 256 g/mol. The van der Waals surface area contributed by atoms with E-state index < -0.39 is 5.54 Å². The molecule has 1 aromatic heterocycles. The summed E-state index contributed by atoms with van der Waals surface area (Å²) < 4.78 is 5.10. The van der Waals surface area contributed by atoms with E-state index in [0.29, 0.717) is 6.61 Å². The fourth-order valence-corrected chi connectivity index (χ4v) is 2.43. The summed E-state index contributed by atoms with van der Waals surface area (Å²) in [5.41, 5.74) is 0.594. The van der Waals surface area contributed by atoms with Crippen molar-refractivity contribution in [3.63, 3.8) is 0 Å². The second kappa shape index (κ2) is 6.12. The maximum atomic E-state index is 11.7. The van der Waals surface area contributed by atoms with Gasteiger partial charge in [0.15, 0.2) is 0 Å². The Kier molecular flexibility index (Phi) is 5.08. The molecule has 0 bridgehead atoms. The third kappa shape index (κ3) is 3.78. The predicted molar refractivity (Wildman–Crippen MR) is 69.1 cm³/mol. The first kappa shape index (κ1) is 14.1. The number of hydrogen-bond donors (Lipinski definition) is 1. The molecule has 1 aromatic rings. The van der Waals surface area contributed by atoms with Crippen molar-refractivity contribution >= 4 is 17.2 Å². The first-order chi connectivity index (χ1) is 8.01. The summed E-state index contributed by atoms with van der Waals surface area (Å²) in [6.45, 7) is 8.52. The number of aromatic nitrogens is 1. The quantitative estimate of drug-likeness (QED) is 0.849. The van der Waals surface area contributed by atoms with Crippen LogP contribution in [0.15, 0.2) is 5.38 Å². The molecular weight excluding hydrogens is 236 g/mol. The molecule has 1 atom stereocenters. The highest BCUT2D eigenvalue weighted by molar-refractivity contribution is 7.09. The summed E-state index contributed by atoms with van der Waals surface area (Å²) in [6, 6.07) is 0. The van der Waals surface area contributed by atoms with Crippen molar-refractivity contribution in [2.75, 3.05) is 13.2 Å². The van der Waals surface area contributed by atoms with Gasteiger partial charge in [-0.3, -0.25) is 4.79 Å². The molecule has 4 nitrogen and oxygen atoms in total. The second-order valence-corrected chi connectivity index (χ2v) is 5.02. The molecule has 0 saturated heterocycles. The van der Waals surface area contributed by atoms with Crippen molar-refractivity contribution in [2.45, 2.75) is 39.7 Å². The lowest BCUT2D eigenvalue weighted by Gasteiger charge is -2.27. The van der Waals surface area contributed by atoms with E-state index in [9.17, 15) is 4.79 Å². The molecule has 1 N–H and O–H groups in total. The van der Waals surface area contributed by atoms with Gasteiger partial charge in [-0.25, -0.2) is 4.98 Å². The topological polar surface area (TPSA) is 51.2 Å². The van der Waals surface area contributed by atoms with Crippen LogP contribution in [0, 0.1) is 6.92 Å². The Morgan fingerprint density at radius 1 is 1.59 bits per heavy atom. The number of carbonyl (C=O) groups excluding carboxylic acids is 1. The zero-order valence-corrected chi connectivity index (χ0v) is 11.7. The van der Waals surface area contributed by atoms with Gasteiger partial charge in [0.1, 0.15) is 11.6 Å². The zero-order chi connectivity index (χ0) is 12.9. The van der Waals surface area contributed by atoms with Gasteiger partial charge < -0.3 is 10.1 Å². The van der Waals surface area contributed by atoms with Gasteiger partial charge in [-0.2, -0.15) is 0 Å². The SMILES string of the molecule is CCOCC(=O)N[C@](C)(CC)c1nc(C)cs1. The van der Waals surface area contributed by atoms with Crippen LogP contribution in [0.2, 0.25) is 0 Å². The fraction of sp³-hybridized carbons (Fsp3) is 0.667. The smallest absolute Gasteiger partial charge is 0.246 e. The molecule has 5 heteroatoms. The summed E-state index contributed by atoms with van der Waals surface area (Å²) in [5.74, 6) is -0.0935. The molecular formula is C12H20N2O2S. The third-order valence-electron chi connectivity index (χ3n) is 2.65. The average Bonchev–Trinajstić information content (AvgIpc) is 2.73. The van der Waals surface area contributed by atoms with E-state index in [1.807, 2.05) is 33.1 Å². The van der Waals surface area contributed by atoms with Gasteiger partial charge in [0.05, 0.1) is 5.54 Å². The number of aryl methyl sites for hydroxylation is 1. The highest BCUT2D eigenvalue weighted by atomic mass is 32.1. The van der Waals surface area contributed by atoms with Crippen LogP contribution >= 0.6 is 11.3 Å². The minimum Gasteiger partial charge on any atom is -0.372 e. The molecule has 0 spiro atoms. The van der Waals surface area contributed by atoms with Gasteiger partial charge >= 0.3 is 0 Å². The van der Waals surface area contributed by atoms with Crippen molar-refractivity contribution in [1.29, 1.82) is 0 Å². The molecule has 0 aliphatic rings. The Morgan fingerprint density at radius 3 is 2.76 bits per heavy atom. The largest absolute Gasteiger partial charge is 0.372 e. The fourth-order valence-electron chi connectivity index (χ4n) is 1.44. The molecule has 0 saturated carbocycles. The summed E-state index contributed by atoms with van der Waals surface area (Å²) in [7, 11) is 0. The standard InChI is InChI=1S/C12H20N2O2S/c1-5-12(4,11-13-9(3)8-17-11)14-10(15)7-16-6-2/h8H,5-7H2,1-4H3,(H,14,15)/t12-/m1/s1. The minimum atomic E-state index is -0.396. The lowest BCUT2D eigenvalue weighted by molar-refractivity contribution is -0.127. The van der Waals surface area contributed by atoms with E-state index >= 15 is 0 Å². The molecule has 1 rings (SSSR count). The number of carbonyl (C=O) groups is 1. The maximum absolute atomic E-state index is 11.7. The molecule has 1 heterocycles. The van der Waals surface area contributed by atoms with Gasteiger partial charge in [0.2, 0.25) is 5.91 Å². The number of thiazole rings is 1. The number of amides is 1. The second-order valence-electron chi connectivity index (χ2n) is 4.17. The maximum Gasteiger partial charge on any atom is 0.246 e. The van der Waals surface area contributed by atoms with Crippen LogP contribution in [0.5, 0.6) is 0 Å². The lowest BCUT2D eigenvalue weighted by Crippen LogP contribution is -2.44. The Hall–Kier alpha value is -0.940. The van der Waals surface area contributed by atoms with Crippen LogP contribution < -0.4 is 5.32 Å². The number of nitrogens with one attached hydrogen (secondary N) is 1. The van der Waals surface area contributed by atoms with Crippen LogP contribution in [0.25, 0.3) is 0 Å². The number of nitrogens with zero attached hydrogens (tertiary/aromatic N) is 1. The first-order valence-corrected chi connectivity index (χ1v) is 6.71. The Labute approximate surface area is 106 Å². The molecule has 0 fully saturated rings. The van der Waals surface area contributed by atoms with E-state index in [1.54, 1.807) is 11.3 Å². The normalized spacial score (nSPS) is 14.4. The van der Waals surface area contributed by atoms with Crippen LogP contribution in [0.1, 0.15) is 37.9 Å². The molecule has 1 amide bonds. The summed E-state index contributed by atoms with van der Waals surface area (Å²) in [5, 5.41) is 5.94. The van der Waals surface area contributed by atoms with Gasteiger partial charge in [-0.15, -0.1) is 11.3 Å². The van der Waals surface area contributed by atoms with Crippen molar-refractivity contribution in [3.05, 3.63) is 16.1 Å². The van der Waals surface area contributed by atoms with Gasteiger partial charge in [0, 0.05) is 17.7 Å². The highest BCUT2D eigenvalue weighted by Gasteiger charge is 2.29. The van der Waals surface area contributed by atoms with E-state index in [1.165, 1.54) is 0 Å². The van der Waals surface area contributed by atoms with Crippen molar-refractivity contribution in [1.82, 2.24) is 10.3 Å². The summed E-state index contributed by atoms with van der Waals surface area (Å²) in [6.07, 6.45) is 0.803. The van der Waals surface area contributed by atoms with E-state index in [4.69, 9.17) is 4.74 Å².